The zero-order valence-electron chi connectivity index (χ0n) is 13.8. The van der Waals surface area contributed by atoms with Gasteiger partial charge >= 0.3 is 0 Å². The number of aryl methyl sites for hydroxylation is 2. The van der Waals surface area contributed by atoms with Gasteiger partial charge in [0, 0.05) is 26.3 Å². The summed E-state index contributed by atoms with van der Waals surface area (Å²) in [4.78, 5) is 6.62. The molecule has 1 atom stereocenters. The predicted octanol–water partition coefficient (Wildman–Crippen LogP) is 0.0538. The van der Waals surface area contributed by atoms with Crippen molar-refractivity contribution in [1.82, 2.24) is 10.3 Å². The second-order valence-electron chi connectivity index (χ2n) is 6.13. The fourth-order valence-electron chi connectivity index (χ4n) is 3.02. The molecule has 126 valence electrons. The lowest BCUT2D eigenvalue weighted by Gasteiger charge is -2.31. The minimum absolute atomic E-state index is 0.0695. The summed E-state index contributed by atoms with van der Waals surface area (Å²) in [6.45, 7) is 3.03. The molecule has 23 heavy (non-hydrogen) atoms. The third-order valence-electron chi connectivity index (χ3n) is 4.39. The number of likely N-dealkylation sites (N-methyl/N-ethyl adjacent to an activating group) is 1. The first-order valence-electron chi connectivity index (χ1n) is 8.13. The first kappa shape index (κ1) is 16.2. The molecule has 0 aromatic heterocycles. The van der Waals surface area contributed by atoms with Crippen molar-refractivity contribution in [2.24, 2.45) is 4.99 Å². The summed E-state index contributed by atoms with van der Waals surface area (Å²) < 4.78 is 5.05. The van der Waals surface area contributed by atoms with E-state index >= 15 is 0 Å². The van der Waals surface area contributed by atoms with Crippen molar-refractivity contribution in [3.05, 3.63) is 28.5 Å². The summed E-state index contributed by atoms with van der Waals surface area (Å²) in [7, 11) is 3.73. The van der Waals surface area contributed by atoms with E-state index in [4.69, 9.17) is 4.74 Å². The van der Waals surface area contributed by atoms with E-state index in [2.05, 4.69) is 26.7 Å². The van der Waals surface area contributed by atoms with Crippen molar-refractivity contribution in [2.45, 2.75) is 19.3 Å². The van der Waals surface area contributed by atoms with Crippen LogP contribution in [0.5, 0.6) is 0 Å². The number of nitrogens with zero attached hydrogens (tertiary/aromatic N) is 2. The topological polar surface area (TPSA) is 76.4 Å². The highest BCUT2D eigenvalue weighted by atomic mass is 16.5. The lowest BCUT2D eigenvalue weighted by molar-refractivity contribution is -0.816. The second-order valence-corrected chi connectivity index (χ2v) is 6.13. The van der Waals surface area contributed by atoms with Crippen LogP contribution in [0.4, 0.5) is 11.4 Å². The number of aliphatic imine (C=N–C) groups is 1. The maximum absolute atomic E-state index is 12.3. The highest BCUT2D eigenvalue weighted by Gasteiger charge is 2.24. The van der Waals surface area contributed by atoms with E-state index < -0.39 is 0 Å². The summed E-state index contributed by atoms with van der Waals surface area (Å²) in [5.41, 5.74) is 7.09. The van der Waals surface area contributed by atoms with Gasteiger partial charge in [-0.15, -0.1) is 0 Å². The van der Waals surface area contributed by atoms with Crippen molar-refractivity contribution in [2.75, 3.05) is 45.7 Å². The van der Waals surface area contributed by atoms with Crippen LogP contribution < -0.4 is 15.9 Å². The van der Waals surface area contributed by atoms with Crippen molar-refractivity contribution in [1.29, 1.82) is 0 Å². The van der Waals surface area contributed by atoms with Crippen LogP contribution in [0.3, 0.4) is 0 Å². The Morgan fingerprint density at radius 2 is 2.09 bits per heavy atom. The van der Waals surface area contributed by atoms with Crippen LogP contribution in [-0.4, -0.2) is 51.3 Å². The number of rotatable bonds is 6. The quantitative estimate of drug-likeness (QED) is 0.646. The maximum atomic E-state index is 12.3. The molecule has 1 aromatic rings. The molecular formula is C16H25N5O2. The molecule has 3 rings (SSSR count). The number of benzene rings is 1. The van der Waals surface area contributed by atoms with Gasteiger partial charge in [0.2, 0.25) is 5.96 Å². The highest BCUT2D eigenvalue weighted by molar-refractivity contribution is 5.96. The molecule has 1 heterocycles. The predicted molar refractivity (Wildman–Crippen MR) is 90.9 cm³/mol. The molecule has 0 fully saturated rings. The molecule has 0 spiro atoms. The molecule has 1 aliphatic heterocycles. The van der Waals surface area contributed by atoms with Gasteiger partial charge in [-0.2, -0.15) is 5.43 Å². The Labute approximate surface area is 136 Å². The minimum Gasteiger partial charge on any atom is -0.603 e. The van der Waals surface area contributed by atoms with Crippen LogP contribution in [0.15, 0.2) is 17.1 Å². The molecule has 3 N–H and O–H groups in total. The number of anilines is 1. The van der Waals surface area contributed by atoms with E-state index in [1.807, 2.05) is 13.1 Å². The van der Waals surface area contributed by atoms with Crippen LogP contribution in [-0.2, 0) is 17.6 Å². The molecule has 0 radical (unpaired) electrons. The Morgan fingerprint density at radius 3 is 2.87 bits per heavy atom. The fraction of sp³-hybridized carbons (Fsp3) is 0.562. The molecule has 2 aliphatic rings. The number of ether oxygens (including phenoxy) is 1. The summed E-state index contributed by atoms with van der Waals surface area (Å²) in [5.74, 6) is 0.542. The van der Waals surface area contributed by atoms with Gasteiger partial charge in [-0.1, -0.05) is 0 Å². The molecule has 0 amide bonds. The smallest absolute Gasteiger partial charge is 0.243 e. The number of hydrogen-bond donors (Lipinski definition) is 3. The number of quaternary nitrogens is 1. The van der Waals surface area contributed by atoms with Gasteiger partial charge in [0.05, 0.1) is 13.2 Å². The Hall–Kier alpha value is -1.67. The van der Waals surface area contributed by atoms with Crippen LogP contribution >= 0.6 is 0 Å². The zero-order valence-corrected chi connectivity index (χ0v) is 13.8. The normalized spacial score (nSPS) is 21.0. The van der Waals surface area contributed by atoms with Gasteiger partial charge < -0.3 is 20.2 Å². The number of nitrogens with one attached hydrogen (secondary N) is 3. The van der Waals surface area contributed by atoms with Crippen molar-refractivity contribution < 1.29 is 9.91 Å². The Kier molecular flexibility index (Phi) is 5.12. The first-order valence-corrected chi connectivity index (χ1v) is 8.13. The highest BCUT2D eigenvalue weighted by Crippen LogP contribution is 2.30. The van der Waals surface area contributed by atoms with Crippen LogP contribution in [0.25, 0.3) is 0 Å². The van der Waals surface area contributed by atoms with Crippen LogP contribution in [0, 0.1) is 5.21 Å². The number of hydrogen-bond acceptors (Lipinski definition) is 4. The van der Waals surface area contributed by atoms with E-state index in [-0.39, 0.29) is 5.17 Å². The standard InChI is InChI=1S/C16H25N5O2/c1-20(8-9-23-2)7-6-17-16-18-14-10-12-4-3-5-13(12)11-15(14)21(22)19-16/h10-11,21H,3-9H2,1-2H3,(H2,17,18,19). The third kappa shape index (κ3) is 3.81. The minimum atomic E-state index is -0.0695. The van der Waals surface area contributed by atoms with E-state index in [1.165, 1.54) is 17.5 Å². The van der Waals surface area contributed by atoms with Crippen molar-refractivity contribution in [3.8, 4) is 0 Å². The number of methoxy groups -OCH3 is 1. The largest absolute Gasteiger partial charge is 0.603 e. The molecule has 1 unspecified atom stereocenters. The third-order valence-corrected chi connectivity index (χ3v) is 4.39. The van der Waals surface area contributed by atoms with Crippen molar-refractivity contribution in [3.63, 3.8) is 0 Å². The van der Waals surface area contributed by atoms with Crippen LogP contribution in [0.2, 0.25) is 0 Å². The average molecular weight is 319 g/mol. The van der Waals surface area contributed by atoms with Gasteiger partial charge in [0.1, 0.15) is 5.69 Å². The molecule has 0 saturated carbocycles. The average Bonchev–Trinajstić information content (AvgIpc) is 2.98. The molecule has 1 aliphatic carbocycles. The molecular weight excluding hydrogens is 294 g/mol. The Morgan fingerprint density at radius 1 is 1.30 bits per heavy atom. The van der Waals surface area contributed by atoms with Gasteiger partial charge in [-0.3, -0.25) is 0 Å². The van der Waals surface area contributed by atoms with Gasteiger partial charge in [0.15, 0.2) is 5.69 Å². The molecule has 0 saturated heterocycles. The Balaban J connectivity index is 1.62. The first-order chi connectivity index (χ1) is 11.2. The van der Waals surface area contributed by atoms with Crippen LogP contribution in [0.1, 0.15) is 17.5 Å². The maximum Gasteiger partial charge on any atom is 0.243 e. The van der Waals surface area contributed by atoms with Crippen molar-refractivity contribution >= 4 is 17.3 Å². The van der Waals surface area contributed by atoms with Gasteiger partial charge in [-0.25, -0.2) is 10.2 Å². The number of fused-ring (bicyclic) bond motifs is 2. The summed E-state index contributed by atoms with van der Waals surface area (Å²) in [5, 5.41) is 15.5. The zero-order chi connectivity index (χ0) is 16.2. The molecule has 7 nitrogen and oxygen atoms in total. The summed E-state index contributed by atoms with van der Waals surface area (Å²) in [6, 6.07) is 4.13. The van der Waals surface area contributed by atoms with E-state index in [1.54, 1.807) is 7.11 Å². The van der Waals surface area contributed by atoms with E-state index in [0.717, 1.165) is 37.3 Å². The lowest BCUT2D eigenvalue weighted by Crippen LogP contribution is -3.11. The Bertz CT molecular complexity index is 590. The van der Waals surface area contributed by atoms with E-state index in [9.17, 15) is 5.21 Å². The SMILES string of the molecule is COCCN(C)CCN=C1Nc2cc3c(cc2[NH+]([O-])N1)CCC3. The van der Waals surface area contributed by atoms with E-state index in [0.29, 0.717) is 19.1 Å². The summed E-state index contributed by atoms with van der Waals surface area (Å²) >= 11 is 0. The summed E-state index contributed by atoms with van der Waals surface area (Å²) in [6.07, 6.45) is 3.35. The molecule has 7 heteroatoms. The molecule has 1 aromatic carbocycles. The van der Waals surface area contributed by atoms with Gasteiger partial charge in [0.25, 0.3) is 0 Å². The lowest BCUT2D eigenvalue weighted by atomic mass is 10.1. The monoisotopic (exact) mass is 319 g/mol. The molecule has 0 bridgehead atoms. The van der Waals surface area contributed by atoms with Gasteiger partial charge in [-0.05, 0) is 43.5 Å². The second kappa shape index (κ2) is 7.27. The number of guanidine groups is 1. The fourth-order valence-corrected chi connectivity index (χ4v) is 3.02.